The molecule has 2 aromatic rings. The van der Waals surface area contributed by atoms with Gasteiger partial charge in [0.25, 0.3) is 0 Å². The highest BCUT2D eigenvalue weighted by Crippen LogP contribution is 2.17. The fraction of sp³-hybridized carbons (Fsp3) is 0.462. The Labute approximate surface area is 133 Å². The summed E-state index contributed by atoms with van der Waals surface area (Å²) in [6, 6.07) is -0.451. The molecule has 1 atom stereocenters. The average Bonchev–Trinajstić information content (AvgIpc) is 2.98. The number of hydrogen-bond acceptors (Lipinski definition) is 3. The second-order valence-electron chi connectivity index (χ2n) is 4.69. The highest BCUT2D eigenvalue weighted by atomic mass is 35.5. The second kappa shape index (κ2) is 6.49. The fourth-order valence-electron chi connectivity index (χ4n) is 1.93. The number of rotatable bonds is 5. The number of carbonyl (C=O) groups is 1. The van der Waals surface area contributed by atoms with E-state index in [0.29, 0.717) is 28.8 Å². The summed E-state index contributed by atoms with van der Waals surface area (Å²) in [5, 5.41) is 12.3. The zero-order valence-corrected chi connectivity index (χ0v) is 13.6. The molecule has 1 N–H and O–H groups in total. The van der Waals surface area contributed by atoms with E-state index in [1.807, 2.05) is 6.92 Å². The predicted molar refractivity (Wildman–Crippen MR) is 81.4 cm³/mol. The van der Waals surface area contributed by atoms with E-state index in [1.54, 1.807) is 35.6 Å². The molecule has 0 aromatic carbocycles. The maximum atomic E-state index is 12.2. The molecule has 2 heterocycles. The van der Waals surface area contributed by atoms with E-state index >= 15 is 0 Å². The molecule has 8 heteroatoms. The molecule has 0 saturated carbocycles. The first-order chi connectivity index (χ1) is 9.93. The minimum atomic E-state index is -0.451. The van der Waals surface area contributed by atoms with Gasteiger partial charge in [0.2, 0.25) is 5.91 Å². The molecule has 0 fully saturated rings. The van der Waals surface area contributed by atoms with Crippen molar-refractivity contribution in [3.63, 3.8) is 0 Å². The first-order valence-electron chi connectivity index (χ1n) is 6.63. The van der Waals surface area contributed by atoms with Crippen molar-refractivity contribution in [3.05, 3.63) is 33.8 Å². The number of nitrogens with one attached hydrogen (secondary N) is 1. The molecule has 114 valence electrons. The van der Waals surface area contributed by atoms with Gasteiger partial charge in [0.1, 0.15) is 6.04 Å². The lowest BCUT2D eigenvalue weighted by Gasteiger charge is -2.13. The number of carbonyl (C=O) groups excluding carboxylic acids is 1. The third-order valence-corrected chi connectivity index (χ3v) is 3.95. The molecule has 0 aliphatic carbocycles. The second-order valence-corrected chi connectivity index (χ2v) is 5.51. The normalized spacial score (nSPS) is 12.4. The fourth-order valence-corrected chi connectivity index (χ4v) is 2.28. The molecule has 1 unspecified atom stereocenters. The summed E-state index contributed by atoms with van der Waals surface area (Å²) in [6.45, 7) is 6.54. The van der Waals surface area contributed by atoms with Gasteiger partial charge in [-0.2, -0.15) is 10.2 Å². The van der Waals surface area contributed by atoms with Gasteiger partial charge in [-0.05, 0) is 20.8 Å². The van der Waals surface area contributed by atoms with Gasteiger partial charge < -0.3 is 5.32 Å². The lowest BCUT2D eigenvalue weighted by molar-refractivity contribution is -0.124. The molecule has 6 nitrogen and oxygen atoms in total. The van der Waals surface area contributed by atoms with Crippen molar-refractivity contribution in [3.8, 4) is 0 Å². The van der Waals surface area contributed by atoms with Gasteiger partial charge in [-0.15, -0.1) is 0 Å². The maximum Gasteiger partial charge on any atom is 0.244 e. The van der Waals surface area contributed by atoms with E-state index in [2.05, 4.69) is 15.5 Å². The standard InChI is InChI=1S/C13H17Cl2N5O/c1-4-19-12(10(14)5-17-19)6-16-13(21)9(3)20-7-11(15)8(2)18-20/h5,7,9H,4,6H2,1-3H3,(H,16,21). The van der Waals surface area contributed by atoms with E-state index < -0.39 is 6.04 Å². The first-order valence-corrected chi connectivity index (χ1v) is 7.38. The molecule has 21 heavy (non-hydrogen) atoms. The van der Waals surface area contributed by atoms with E-state index in [0.717, 1.165) is 5.69 Å². The Kier molecular flexibility index (Phi) is 4.90. The van der Waals surface area contributed by atoms with Crippen LogP contribution in [0.15, 0.2) is 12.4 Å². The predicted octanol–water partition coefficient (Wildman–Crippen LogP) is 2.59. The monoisotopic (exact) mass is 329 g/mol. The minimum Gasteiger partial charge on any atom is -0.349 e. The Balaban J connectivity index is 2.03. The van der Waals surface area contributed by atoms with Gasteiger partial charge in [0, 0.05) is 12.7 Å². The summed E-state index contributed by atoms with van der Waals surface area (Å²) in [7, 11) is 0. The molecule has 0 radical (unpaired) electrons. The van der Waals surface area contributed by atoms with Crippen LogP contribution in [0.25, 0.3) is 0 Å². The van der Waals surface area contributed by atoms with Crippen LogP contribution < -0.4 is 5.32 Å². The SMILES string of the molecule is CCn1ncc(Cl)c1CNC(=O)C(C)n1cc(Cl)c(C)n1. The largest absolute Gasteiger partial charge is 0.349 e. The summed E-state index contributed by atoms with van der Waals surface area (Å²) in [4.78, 5) is 12.2. The van der Waals surface area contributed by atoms with Crippen LogP contribution in [0.5, 0.6) is 0 Å². The van der Waals surface area contributed by atoms with Crippen LogP contribution in [0, 0.1) is 6.92 Å². The van der Waals surface area contributed by atoms with Crippen LogP contribution in [0.2, 0.25) is 10.0 Å². The molecule has 2 rings (SSSR count). The summed E-state index contributed by atoms with van der Waals surface area (Å²) in [5.41, 5.74) is 1.48. The van der Waals surface area contributed by atoms with Crippen molar-refractivity contribution in [1.29, 1.82) is 0 Å². The van der Waals surface area contributed by atoms with Crippen LogP contribution in [-0.2, 0) is 17.9 Å². The summed E-state index contributed by atoms with van der Waals surface area (Å²) < 4.78 is 3.30. The van der Waals surface area contributed by atoms with Crippen LogP contribution in [0.1, 0.15) is 31.3 Å². The lowest BCUT2D eigenvalue weighted by Crippen LogP contribution is -2.31. The quantitative estimate of drug-likeness (QED) is 0.916. The van der Waals surface area contributed by atoms with Gasteiger partial charge in [0.05, 0.1) is 34.2 Å². The topological polar surface area (TPSA) is 64.7 Å². The summed E-state index contributed by atoms with van der Waals surface area (Å²) in [5.74, 6) is -0.158. The van der Waals surface area contributed by atoms with Crippen LogP contribution in [0.3, 0.4) is 0 Å². The van der Waals surface area contributed by atoms with Crippen molar-refractivity contribution in [2.75, 3.05) is 0 Å². The Hall–Kier alpha value is -1.53. The Morgan fingerprint density at radius 2 is 2.14 bits per heavy atom. The van der Waals surface area contributed by atoms with Crippen LogP contribution >= 0.6 is 23.2 Å². The van der Waals surface area contributed by atoms with E-state index in [4.69, 9.17) is 23.2 Å². The Morgan fingerprint density at radius 3 is 2.71 bits per heavy atom. The first kappa shape index (κ1) is 15.9. The van der Waals surface area contributed by atoms with Crippen molar-refractivity contribution < 1.29 is 4.79 Å². The molecule has 0 spiro atoms. The number of aromatic nitrogens is 4. The minimum absolute atomic E-state index is 0.158. The van der Waals surface area contributed by atoms with E-state index in [1.165, 1.54) is 0 Å². The molecule has 2 aromatic heterocycles. The van der Waals surface area contributed by atoms with E-state index in [9.17, 15) is 4.79 Å². The Bertz CT molecular complexity index is 630. The van der Waals surface area contributed by atoms with Gasteiger partial charge in [-0.1, -0.05) is 23.2 Å². The lowest BCUT2D eigenvalue weighted by atomic mass is 10.3. The zero-order valence-electron chi connectivity index (χ0n) is 12.1. The summed E-state index contributed by atoms with van der Waals surface area (Å²) >= 11 is 12.0. The summed E-state index contributed by atoms with van der Waals surface area (Å²) in [6.07, 6.45) is 3.22. The highest BCUT2D eigenvalue weighted by molar-refractivity contribution is 6.31. The highest BCUT2D eigenvalue weighted by Gasteiger charge is 2.18. The number of nitrogens with zero attached hydrogens (tertiary/aromatic N) is 4. The molecule has 0 aliphatic heterocycles. The van der Waals surface area contributed by atoms with Crippen molar-refractivity contribution in [2.45, 2.75) is 39.9 Å². The number of halogens is 2. The van der Waals surface area contributed by atoms with Crippen molar-refractivity contribution in [1.82, 2.24) is 24.9 Å². The van der Waals surface area contributed by atoms with Gasteiger partial charge >= 0.3 is 0 Å². The zero-order chi connectivity index (χ0) is 15.6. The maximum absolute atomic E-state index is 12.2. The van der Waals surface area contributed by atoms with Crippen LogP contribution in [-0.4, -0.2) is 25.5 Å². The number of hydrogen-bond donors (Lipinski definition) is 1. The average molecular weight is 330 g/mol. The third kappa shape index (κ3) is 3.39. The molecule has 0 bridgehead atoms. The molecule has 1 amide bonds. The molecular formula is C13H17Cl2N5O. The van der Waals surface area contributed by atoms with Gasteiger partial charge in [-0.25, -0.2) is 0 Å². The van der Waals surface area contributed by atoms with E-state index in [-0.39, 0.29) is 5.91 Å². The molecule has 0 aliphatic rings. The van der Waals surface area contributed by atoms with Gasteiger partial charge in [-0.3, -0.25) is 14.2 Å². The smallest absolute Gasteiger partial charge is 0.244 e. The molecule has 0 saturated heterocycles. The third-order valence-electron chi connectivity index (χ3n) is 3.26. The Morgan fingerprint density at radius 1 is 1.43 bits per heavy atom. The van der Waals surface area contributed by atoms with Crippen LogP contribution in [0.4, 0.5) is 0 Å². The van der Waals surface area contributed by atoms with Crippen molar-refractivity contribution >= 4 is 29.1 Å². The number of aryl methyl sites for hydroxylation is 2. The van der Waals surface area contributed by atoms with Crippen molar-refractivity contribution in [2.24, 2.45) is 0 Å². The van der Waals surface area contributed by atoms with Gasteiger partial charge in [0.15, 0.2) is 0 Å². The number of amides is 1. The molecular weight excluding hydrogens is 313 g/mol.